The molecule has 0 radical (unpaired) electrons. The Labute approximate surface area is 81.0 Å². The third kappa shape index (κ3) is 1.23. The van der Waals surface area contributed by atoms with Crippen molar-refractivity contribution in [3.63, 3.8) is 0 Å². The van der Waals surface area contributed by atoms with Gasteiger partial charge >= 0.3 is 0 Å². The summed E-state index contributed by atoms with van der Waals surface area (Å²) in [5.41, 5.74) is 5.89. The minimum Gasteiger partial charge on any atom is -0.508 e. The number of halogens is 1. The van der Waals surface area contributed by atoms with Gasteiger partial charge in [0, 0.05) is 23.6 Å². The summed E-state index contributed by atoms with van der Waals surface area (Å²) in [6, 6.07) is 2.20. The molecular weight excluding hydrogens is 185 g/mol. The monoisotopic (exact) mass is 197 g/mol. The van der Waals surface area contributed by atoms with E-state index in [9.17, 15) is 14.6 Å². The van der Waals surface area contributed by atoms with Crippen LogP contribution in [0, 0.1) is 5.82 Å². The summed E-state index contributed by atoms with van der Waals surface area (Å²) in [5.74, 6) is -1.36. The molecule has 0 spiro atoms. The summed E-state index contributed by atoms with van der Waals surface area (Å²) in [6.45, 7) is 0.408. The zero-order valence-electron chi connectivity index (χ0n) is 7.63. The van der Waals surface area contributed by atoms with Crippen LogP contribution in [0.1, 0.15) is 18.4 Å². The van der Waals surface area contributed by atoms with Crippen LogP contribution >= 0.6 is 0 Å². The molecule has 3 nitrogen and oxygen atoms in total. The molecule has 1 saturated carbocycles. The number of phenols is 2. The maximum absolute atomic E-state index is 12.8. The maximum Gasteiger partial charge on any atom is 0.168 e. The lowest BCUT2D eigenvalue weighted by Gasteiger charge is -2.14. The number of phenolic OH excluding ortho intramolecular Hbond substituents is 2. The van der Waals surface area contributed by atoms with E-state index in [-0.39, 0.29) is 11.2 Å². The third-order valence-corrected chi connectivity index (χ3v) is 2.88. The van der Waals surface area contributed by atoms with Crippen molar-refractivity contribution in [2.45, 2.75) is 18.3 Å². The predicted octanol–water partition coefficient (Wildman–Crippen LogP) is 1.23. The molecule has 76 valence electrons. The van der Waals surface area contributed by atoms with Crippen LogP contribution in [0.15, 0.2) is 12.1 Å². The molecule has 0 atom stereocenters. The van der Waals surface area contributed by atoms with Gasteiger partial charge < -0.3 is 15.9 Å². The summed E-state index contributed by atoms with van der Waals surface area (Å²) < 4.78 is 12.8. The summed E-state index contributed by atoms with van der Waals surface area (Å²) in [4.78, 5) is 0. The average molecular weight is 197 g/mol. The summed E-state index contributed by atoms with van der Waals surface area (Å²) >= 11 is 0. The van der Waals surface area contributed by atoms with Crippen molar-refractivity contribution in [3.8, 4) is 11.5 Å². The summed E-state index contributed by atoms with van der Waals surface area (Å²) in [5, 5.41) is 18.7. The Bertz CT molecular complexity index is 375. The third-order valence-electron chi connectivity index (χ3n) is 2.88. The molecule has 1 fully saturated rings. The molecule has 0 aliphatic heterocycles. The van der Waals surface area contributed by atoms with Gasteiger partial charge in [-0.25, -0.2) is 4.39 Å². The van der Waals surface area contributed by atoms with Gasteiger partial charge in [0.05, 0.1) is 0 Å². The van der Waals surface area contributed by atoms with E-state index in [1.165, 1.54) is 6.07 Å². The van der Waals surface area contributed by atoms with Gasteiger partial charge in [-0.1, -0.05) is 0 Å². The molecule has 4 N–H and O–H groups in total. The Morgan fingerprint density at radius 2 is 1.93 bits per heavy atom. The number of hydrogen-bond acceptors (Lipinski definition) is 3. The topological polar surface area (TPSA) is 66.5 Å². The molecule has 0 bridgehead atoms. The largest absolute Gasteiger partial charge is 0.508 e. The van der Waals surface area contributed by atoms with Crippen LogP contribution in [0.5, 0.6) is 11.5 Å². The van der Waals surface area contributed by atoms with E-state index >= 15 is 0 Å². The second-order valence-corrected chi connectivity index (χ2v) is 3.81. The van der Waals surface area contributed by atoms with Gasteiger partial charge in [0.25, 0.3) is 0 Å². The van der Waals surface area contributed by atoms with Crippen LogP contribution < -0.4 is 5.73 Å². The highest BCUT2D eigenvalue weighted by molar-refractivity contribution is 5.47. The molecule has 1 aliphatic carbocycles. The summed E-state index contributed by atoms with van der Waals surface area (Å²) in [7, 11) is 0. The quantitative estimate of drug-likeness (QED) is 0.624. The molecule has 0 saturated heterocycles. The summed E-state index contributed by atoms with van der Waals surface area (Å²) in [6.07, 6.45) is 1.75. The Morgan fingerprint density at radius 1 is 1.29 bits per heavy atom. The van der Waals surface area contributed by atoms with Gasteiger partial charge in [-0.2, -0.15) is 0 Å². The van der Waals surface area contributed by atoms with E-state index in [2.05, 4.69) is 0 Å². The van der Waals surface area contributed by atoms with Gasteiger partial charge in [0.1, 0.15) is 5.75 Å². The lowest BCUT2D eigenvalue weighted by Crippen LogP contribution is -2.19. The van der Waals surface area contributed by atoms with Crippen LogP contribution in [0.3, 0.4) is 0 Å². The molecule has 1 aliphatic rings. The Balaban J connectivity index is 2.49. The van der Waals surface area contributed by atoms with Gasteiger partial charge in [0.15, 0.2) is 11.6 Å². The van der Waals surface area contributed by atoms with E-state index < -0.39 is 11.6 Å². The second kappa shape index (κ2) is 2.85. The Hall–Kier alpha value is -1.29. The van der Waals surface area contributed by atoms with Crippen LogP contribution in [0.4, 0.5) is 4.39 Å². The van der Waals surface area contributed by atoms with Gasteiger partial charge in [-0.15, -0.1) is 0 Å². The van der Waals surface area contributed by atoms with E-state index in [0.29, 0.717) is 12.1 Å². The maximum atomic E-state index is 12.8. The first-order valence-corrected chi connectivity index (χ1v) is 4.51. The van der Waals surface area contributed by atoms with Crippen molar-refractivity contribution in [1.29, 1.82) is 0 Å². The first kappa shape index (κ1) is 9.27. The average Bonchev–Trinajstić information content (AvgIpc) is 2.92. The molecule has 14 heavy (non-hydrogen) atoms. The fourth-order valence-corrected chi connectivity index (χ4v) is 1.71. The van der Waals surface area contributed by atoms with Crippen LogP contribution in [0.2, 0.25) is 0 Å². The van der Waals surface area contributed by atoms with Gasteiger partial charge in [-0.3, -0.25) is 0 Å². The fourth-order valence-electron chi connectivity index (χ4n) is 1.71. The number of nitrogens with two attached hydrogens (primary N) is 1. The van der Waals surface area contributed by atoms with Crippen molar-refractivity contribution in [3.05, 3.63) is 23.5 Å². The molecule has 0 amide bonds. The zero-order chi connectivity index (χ0) is 10.3. The molecular formula is C10H12FNO2. The fraction of sp³-hybridized carbons (Fsp3) is 0.400. The first-order chi connectivity index (χ1) is 6.59. The molecule has 0 unspecified atom stereocenters. The highest BCUT2D eigenvalue weighted by Crippen LogP contribution is 2.51. The Morgan fingerprint density at radius 3 is 2.43 bits per heavy atom. The van der Waals surface area contributed by atoms with Crippen molar-refractivity contribution in [2.75, 3.05) is 6.54 Å². The molecule has 4 heteroatoms. The molecule has 1 aromatic rings. The number of rotatable bonds is 2. The standard InChI is InChI=1S/C10H12FNO2/c11-7-4-8(13)6(3-9(7)14)10(5-12)1-2-10/h3-4,13-14H,1-2,5,12H2. The van der Waals surface area contributed by atoms with Crippen molar-refractivity contribution in [2.24, 2.45) is 5.73 Å². The van der Waals surface area contributed by atoms with Crippen LogP contribution in [-0.4, -0.2) is 16.8 Å². The van der Waals surface area contributed by atoms with E-state index in [1.807, 2.05) is 0 Å². The normalized spacial score (nSPS) is 18.1. The second-order valence-electron chi connectivity index (χ2n) is 3.81. The van der Waals surface area contributed by atoms with Crippen molar-refractivity contribution >= 4 is 0 Å². The van der Waals surface area contributed by atoms with Crippen molar-refractivity contribution in [1.82, 2.24) is 0 Å². The molecule has 0 heterocycles. The number of benzene rings is 1. The lowest BCUT2D eigenvalue weighted by atomic mass is 9.95. The van der Waals surface area contributed by atoms with Gasteiger partial charge in [0.2, 0.25) is 0 Å². The predicted molar refractivity (Wildman–Crippen MR) is 49.7 cm³/mol. The SMILES string of the molecule is NCC1(c2cc(O)c(F)cc2O)CC1. The zero-order valence-corrected chi connectivity index (χ0v) is 7.63. The van der Waals surface area contributed by atoms with E-state index in [4.69, 9.17) is 5.73 Å². The number of aromatic hydroxyl groups is 2. The highest BCUT2D eigenvalue weighted by Gasteiger charge is 2.45. The first-order valence-electron chi connectivity index (χ1n) is 4.51. The minimum atomic E-state index is -0.806. The van der Waals surface area contributed by atoms with Gasteiger partial charge in [-0.05, 0) is 18.9 Å². The number of hydrogen-bond donors (Lipinski definition) is 3. The van der Waals surface area contributed by atoms with Crippen molar-refractivity contribution < 1.29 is 14.6 Å². The Kier molecular flexibility index (Phi) is 1.89. The smallest absolute Gasteiger partial charge is 0.168 e. The van der Waals surface area contributed by atoms with E-state index in [1.54, 1.807) is 0 Å². The van der Waals surface area contributed by atoms with E-state index in [0.717, 1.165) is 18.9 Å². The minimum absolute atomic E-state index is 0.122. The highest BCUT2D eigenvalue weighted by atomic mass is 19.1. The lowest BCUT2D eigenvalue weighted by molar-refractivity contribution is 0.413. The molecule has 0 aromatic heterocycles. The molecule has 1 aromatic carbocycles. The van der Waals surface area contributed by atoms with Crippen LogP contribution in [-0.2, 0) is 5.41 Å². The molecule has 2 rings (SSSR count). The van der Waals surface area contributed by atoms with Crippen LogP contribution in [0.25, 0.3) is 0 Å².